The molecule has 0 aliphatic carbocycles. The predicted octanol–water partition coefficient (Wildman–Crippen LogP) is -1.09. The largest absolute Gasteiger partial charge is 0.481 e. The van der Waals surface area contributed by atoms with Gasteiger partial charge in [-0.3, -0.25) is 19.2 Å². The third-order valence-electron chi connectivity index (χ3n) is 5.15. The van der Waals surface area contributed by atoms with E-state index >= 15 is 0 Å². The van der Waals surface area contributed by atoms with Crippen LogP contribution in [-0.2, 0) is 24.0 Å². The molecule has 9 N–H and O–H groups in total. The van der Waals surface area contributed by atoms with Crippen molar-refractivity contribution in [2.75, 3.05) is 6.54 Å². The van der Waals surface area contributed by atoms with Gasteiger partial charge in [0, 0.05) is 6.42 Å². The summed E-state index contributed by atoms with van der Waals surface area (Å²) in [5, 5.41) is 25.3. The van der Waals surface area contributed by atoms with Crippen molar-refractivity contribution < 1.29 is 34.2 Å². The Bertz CT molecular complexity index is 658. The van der Waals surface area contributed by atoms with Crippen LogP contribution in [0.2, 0.25) is 0 Å². The number of carboxylic acid groups (broad SMARTS) is 2. The molecule has 0 bridgehead atoms. The third kappa shape index (κ3) is 11.0. The molecule has 12 nitrogen and oxygen atoms in total. The van der Waals surface area contributed by atoms with Gasteiger partial charge in [-0.15, -0.1) is 0 Å². The van der Waals surface area contributed by atoms with E-state index in [9.17, 15) is 29.1 Å². The number of carbonyl (C=O) groups excluding carboxylic acids is 3. The molecule has 0 saturated carbocycles. The van der Waals surface area contributed by atoms with E-state index in [-0.39, 0.29) is 18.8 Å². The first-order valence-electron chi connectivity index (χ1n) is 10.8. The van der Waals surface area contributed by atoms with E-state index < -0.39 is 60.2 Å². The zero-order chi connectivity index (χ0) is 24.8. The molecule has 0 aliphatic rings. The quantitative estimate of drug-likeness (QED) is 0.139. The Morgan fingerprint density at radius 3 is 1.94 bits per heavy atom. The van der Waals surface area contributed by atoms with Gasteiger partial charge < -0.3 is 37.6 Å². The minimum atomic E-state index is -1.42. The lowest BCUT2D eigenvalue weighted by atomic mass is 9.99. The fourth-order valence-corrected chi connectivity index (χ4v) is 2.74. The van der Waals surface area contributed by atoms with Gasteiger partial charge in [-0.1, -0.05) is 20.3 Å². The van der Waals surface area contributed by atoms with Crippen LogP contribution in [-0.4, -0.2) is 70.6 Å². The number of rotatable bonds is 16. The molecule has 5 unspecified atom stereocenters. The van der Waals surface area contributed by atoms with Crippen LogP contribution in [0.1, 0.15) is 59.3 Å². The summed E-state index contributed by atoms with van der Waals surface area (Å²) < 4.78 is 0. The van der Waals surface area contributed by atoms with Crippen LogP contribution in [0.3, 0.4) is 0 Å². The predicted molar refractivity (Wildman–Crippen MR) is 116 cm³/mol. The Balaban J connectivity index is 5.17. The van der Waals surface area contributed by atoms with Crippen molar-refractivity contribution in [2.45, 2.75) is 83.5 Å². The van der Waals surface area contributed by atoms with E-state index in [4.69, 9.17) is 16.6 Å². The molecule has 0 saturated heterocycles. The Hall–Kier alpha value is -2.73. The van der Waals surface area contributed by atoms with Gasteiger partial charge in [0.25, 0.3) is 0 Å². The Kier molecular flexibility index (Phi) is 13.8. The fourth-order valence-electron chi connectivity index (χ4n) is 2.74. The summed E-state index contributed by atoms with van der Waals surface area (Å²) in [6.45, 7) is 5.52. The monoisotopic (exact) mass is 459 g/mol. The first-order valence-corrected chi connectivity index (χ1v) is 10.8. The molecule has 0 aromatic rings. The highest BCUT2D eigenvalue weighted by atomic mass is 16.4. The zero-order valence-corrected chi connectivity index (χ0v) is 18.9. The van der Waals surface area contributed by atoms with Crippen molar-refractivity contribution >= 4 is 29.7 Å². The van der Waals surface area contributed by atoms with Gasteiger partial charge in [0.05, 0.1) is 6.04 Å². The summed E-state index contributed by atoms with van der Waals surface area (Å²) in [4.78, 5) is 59.5. The van der Waals surface area contributed by atoms with E-state index in [0.717, 1.165) is 0 Å². The number of nitrogens with one attached hydrogen (secondary N) is 3. The highest BCUT2D eigenvalue weighted by Crippen LogP contribution is 2.07. The molecule has 0 rings (SSSR count). The molecule has 0 aliphatic heterocycles. The summed E-state index contributed by atoms with van der Waals surface area (Å²) in [6, 6.07) is -4.27. The van der Waals surface area contributed by atoms with Gasteiger partial charge in [-0.05, 0) is 45.1 Å². The first kappa shape index (κ1) is 29.3. The summed E-state index contributed by atoms with van der Waals surface area (Å²) in [6.07, 6.45) is 1.19. The third-order valence-corrected chi connectivity index (χ3v) is 5.15. The average molecular weight is 460 g/mol. The Morgan fingerprint density at radius 2 is 1.44 bits per heavy atom. The van der Waals surface area contributed by atoms with Crippen molar-refractivity contribution in [1.29, 1.82) is 0 Å². The maximum atomic E-state index is 12.6. The van der Waals surface area contributed by atoms with Crippen molar-refractivity contribution in [2.24, 2.45) is 17.4 Å². The summed E-state index contributed by atoms with van der Waals surface area (Å²) in [7, 11) is 0. The molecule has 0 fully saturated rings. The lowest BCUT2D eigenvalue weighted by Gasteiger charge is -2.24. The van der Waals surface area contributed by atoms with Crippen LogP contribution in [0.5, 0.6) is 0 Å². The van der Waals surface area contributed by atoms with Gasteiger partial charge in [0.1, 0.15) is 18.1 Å². The van der Waals surface area contributed by atoms with E-state index in [1.165, 1.54) is 6.92 Å². The van der Waals surface area contributed by atoms with Gasteiger partial charge in [-0.2, -0.15) is 0 Å². The molecule has 0 aromatic carbocycles. The highest BCUT2D eigenvalue weighted by Gasteiger charge is 2.29. The normalized spacial score (nSPS) is 15.5. The Labute approximate surface area is 187 Å². The van der Waals surface area contributed by atoms with Crippen LogP contribution >= 0.6 is 0 Å². The number of hydrogen-bond acceptors (Lipinski definition) is 7. The van der Waals surface area contributed by atoms with Crippen LogP contribution in [0.4, 0.5) is 0 Å². The molecule has 3 amide bonds. The average Bonchev–Trinajstić information content (AvgIpc) is 2.73. The van der Waals surface area contributed by atoms with Gasteiger partial charge in [0.2, 0.25) is 17.7 Å². The van der Waals surface area contributed by atoms with Gasteiger partial charge in [-0.25, -0.2) is 4.79 Å². The van der Waals surface area contributed by atoms with Gasteiger partial charge in [0.15, 0.2) is 0 Å². The minimum Gasteiger partial charge on any atom is -0.481 e. The molecule has 0 spiro atoms. The molecule has 5 atom stereocenters. The molecule has 12 heteroatoms. The maximum absolute atomic E-state index is 12.6. The van der Waals surface area contributed by atoms with Crippen LogP contribution in [0, 0.1) is 5.92 Å². The summed E-state index contributed by atoms with van der Waals surface area (Å²) in [5.74, 6) is -4.56. The highest BCUT2D eigenvalue weighted by molar-refractivity contribution is 5.94. The van der Waals surface area contributed by atoms with Crippen molar-refractivity contribution in [3.05, 3.63) is 0 Å². The topological polar surface area (TPSA) is 214 Å². The molecular formula is C20H37N5O7. The number of carbonyl (C=O) groups is 5. The lowest BCUT2D eigenvalue weighted by Crippen LogP contribution is -2.56. The molecular weight excluding hydrogens is 422 g/mol. The second-order valence-electron chi connectivity index (χ2n) is 7.82. The smallest absolute Gasteiger partial charge is 0.326 e. The van der Waals surface area contributed by atoms with E-state index in [2.05, 4.69) is 16.0 Å². The van der Waals surface area contributed by atoms with Crippen LogP contribution in [0.15, 0.2) is 0 Å². The second kappa shape index (κ2) is 15.1. The number of hydrogen-bond donors (Lipinski definition) is 7. The van der Waals surface area contributed by atoms with E-state index in [1.54, 1.807) is 0 Å². The SMILES string of the molecule is CCC(C)C(N)C(=O)NC(C)C(=O)NC(CCCCN)C(=O)NC(CCC(=O)O)C(=O)O. The summed E-state index contributed by atoms with van der Waals surface area (Å²) >= 11 is 0. The molecule has 184 valence electrons. The standard InChI is InChI=1S/C20H37N5O7/c1-4-11(2)16(22)19(30)23-12(3)17(28)24-13(7-5-6-10-21)18(29)25-14(20(31)32)8-9-15(26)27/h11-14,16H,4-10,21-22H2,1-3H3,(H,23,30)(H,24,28)(H,25,29)(H,26,27)(H,31,32). The number of amides is 3. The molecule has 32 heavy (non-hydrogen) atoms. The number of carboxylic acids is 2. The van der Waals surface area contributed by atoms with Crippen molar-refractivity contribution in [3.63, 3.8) is 0 Å². The molecule has 0 heterocycles. The maximum Gasteiger partial charge on any atom is 0.326 e. The molecule has 0 aromatic heterocycles. The number of unbranched alkanes of at least 4 members (excludes halogenated alkanes) is 1. The minimum absolute atomic E-state index is 0.0844. The first-order chi connectivity index (χ1) is 14.9. The fraction of sp³-hybridized carbons (Fsp3) is 0.750. The zero-order valence-electron chi connectivity index (χ0n) is 18.9. The second-order valence-corrected chi connectivity index (χ2v) is 7.82. The number of aliphatic carboxylic acids is 2. The van der Waals surface area contributed by atoms with Gasteiger partial charge >= 0.3 is 11.9 Å². The number of nitrogens with two attached hydrogens (primary N) is 2. The van der Waals surface area contributed by atoms with Crippen LogP contribution in [0.25, 0.3) is 0 Å². The lowest BCUT2D eigenvalue weighted by molar-refractivity contribution is -0.143. The van der Waals surface area contributed by atoms with Crippen molar-refractivity contribution in [1.82, 2.24) is 16.0 Å². The van der Waals surface area contributed by atoms with E-state index in [0.29, 0.717) is 25.8 Å². The van der Waals surface area contributed by atoms with E-state index in [1.807, 2.05) is 13.8 Å². The Morgan fingerprint density at radius 1 is 0.844 bits per heavy atom. The van der Waals surface area contributed by atoms with Crippen LogP contribution < -0.4 is 27.4 Å². The molecule has 0 radical (unpaired) electrons. The van der Waals surface area contributed by atoms with Crippen molar-refractivity contribution in [3.8, 4) is 0 Å². The summed E-state index contributed by atoms with van der Waals surface area (Å²) in [5.41, 5.74) is 11.3.